The van der Waals surface area contributed by atoms with Crippen molar-refractivity contribution in [3.05, 3.63) is 59.4 Å². The molecule has 7 nitrogen and oxygen atoms in total. The summed E-state index contributed by atoms with van der Waals surface area (Å²) in [6.45, 7) is 2.81. The minimum absolute atomic E-state index is 0.0284. The standard InChI is InChI=1S/C24H27N5O2S/c1-27-23(31)29(14-4-5-18-8-12-25-13-9-18)22(30)24(27)10-15-28(16-11-24)17-21-26-19-6-2-3-7-20(19)32-21/h2-3,6-9,12-13H,4-5,10-11,14-17H2,1H3. The van der Waals surface area contributed by atoms with E-state index in [1.807, 2.05) is 30.3 Å². The summed E-state index contributed by atoms with van der Waals surface area (Å²) in [6.07, 6.45) is 6.46. The van der Waals surface area contributed by atoms with Crippen molar-refractivity contribution in [2.24, 2.45) is 0 Å². The van der Waals surface area contributed by atoms with Gasteiger partial charge in [0.1, 0.15) is 10.5 Å². The fraction of sp³-hybridized carbons (Fsp3) is 0.417. The highest BCUT2D eigenvalue weighted by Crippen LogP contribution is 2.37. The van der Waals surface area contributed by atoms with Crippen LogP contribution in [0.4, 0.5) is 4.79 Å². The molecule has 3 aromatic rings. The maximum Gasteiger partial charge on any atom is 0.327 e. The maximum absolute atomic E-state index is 13.4. The van der Waals surface area contributed by atoms with E-state index in [9.17, 15) is 9.59 Å². The number of aryl methyl sites for hydroxylation is 1. The lowest BCUT2D eigenvalue weighted by Crippen LogP contribution is -2.55. The number of fused-ring (bicyclic) bond motifs is 1. The van der Waals surface area contributed by atoms with Gasteiger partial charge >= 0.3 is 6.03 Å². The van der Waals surface area contributed by atoms with Crippen LogP contribution < -0.4 is 0 Å². The average Bonchev–Trinajstić information content (AvgIpc) is 3.30. The van der Waals surface area contributed by atoms with Gasteiger partial charge in [0, 0.05) is 39.1 Å². The molecular formula is C24H27N5O2S. The molecule has 5 rings (SSSR count). The Labute approximate surface area is 191 Å². The zero-order chi connectivity index (χ0) is 22.1. The highest BCUT2D eigenvalue weighted by molar-refractivity contribution is 7.18. The number of thiazole rings is 1. The third kappa shape index (κ3) is 3.78. The number of nitrogens with zero attached hydrogens (tertiary/aromatic N) is 5. The maximum atomic E-state index is 13.4. The Morgan fingerprint density at radius 2 is 1.81 bits per heavy atom. The van der Waals surface area contributed by atoms with Crippen molar-refractivity contribution in [1.29, 1.82) is 0 Å². The number of pyridine rings is 1. The number of likely N-dealkylation sites (tertiary alicyclic amines) is 1. The van der Waals surface area contributed by atoms with Crippen molar-refractivity contribution >= 4 is 33.5 Å². The summed E-state index contributed by atoms with van der Waals surface area (Å²) in [5, 5.41) is 1.10. The van der Waals surface area contributed by atoms with Gasteiger partial charge in [0.2, 0.25) is 0 Å². The van der Waals surface area contributed by atoms with Gasteiger partial charge in [-0.2, -0.15) is 0 Å². The van der Waals surface area contributed by atoms with Crippen LogP contribution in [0.1, 0.15) is 29.8 Å². The minimum Gasteiger partial charge on any atom is -0.312 e. The number of benzene rings is 1. The van der Waals surface area contributed by atoms with Crippen LogP contribution in [0.5, 0.6) is 0 Å². The summed E-state index contributed by atoms with van der Waals surface area (Å²) in [6, 6.07) is 12.0. The van der Waals surface area contributed by atoms with Crippen molar-refractivity contribution in [2.45, 2.75) is 37.8 Å². The second-order valence-corrected chi connectivity index (χ2v) is 9.76. The SMILES string of the molecule is CN1C(=O)N(CCCc2ccncc2)C(=O)C12CCN(Cc1nc3ccccc3s1)CC2. The number of likely N-dealkylation sites (N-methyl/N-ethyl adjacent to an activating group) is 1. The van der Waals surface area contributed by atoms with Crippen molar-refractivity contribution < 1.29 is 9.59 Å². The molecule has 0 N–H and O–H groups in total. The van der Waals surface area contributed by atoms with Gasteiger partial charge in [0.15, 0.2) is 0 Å². The van der Waals surface area contributed by atoms with Crippen molar-refractivity contribution in [1.82, 2.24) is 24.7 Å². The van der Waals surface area contributed by atoms with Crippen LogP contribution in [0, 0.1) is 0 Å². The topological polar surface area (TPSA) is 69.6 Å². The number of aromatic nitrogens is 2. The molecule has 3 amide bonds. The molecule has 4 heterocycles. The lowest BCUT2D eigenvalue weighted by atomic mass is 9.86. The van der Waals surface area contributed by atoms with E-state index in [-0.39, 0.29) is 11.9 Å². The molecule has 1 aromatic carbocycles. The van der Waals surface area contributed by atoms with Crippen LogP contribution in [-0.2, 0) is 17.8 Å². The van der Waals surface area contributed by atoms with Gasteiger partial charge in [0.25, 0.3) is 5.91 Å². The number of piperidine rings is 1. The van der Waals surface area contributed by atoms with E-state index in [0.717, 1.165) is 43.0 Å². The van der Waals surface area contributed by atoms with E-state index in [2.05, 4.69) is 16.0 Å². The predicted octanol–water partition coefficient (Wildman–Crippen LogP) is 3.55. The van der Waals surface area contributed by atoms with Gasteiger partial charge in [-0.05, 0) is 55.5 Å². The molecule has 0 aliphatic carbocycles. The molecule has 0 atom stereocenters. The number of amides is 3. The lowest BCUT2D eigenvalue weighted by molar-refractivity contribution is -0.135. The smallest absolute Gasteiger partial charge is 0.312 e. The first-order valence-electron chi connectivity index (χ1n) is 11.1. The van der Waals surface area contributed by atoms with Crippen LogP contribution in [0.2, 0.25) is 0 Å². The molecule has 0 bridgehead atoms. The molecule has 32 heavy (non-hydrogen) atoms. The zero-order valence-corrected chi connectivity index (χ0v) is 19.1. The number of hydrogen-bond acceptors (Lipinski definition) is 6. The fourth-order valence-electron chi connectivity index (χ4n) is 4.84. The van der Waals surface area contributed by atoms with Crippen molar-refractivity contribution in [3.8, 4) is 0 Å². The van der Waals surface area contributed by atoms with E-state index < -0.39 is 5.54 Å². The Hall–Kier alpha value is -2.84. The van der Waals surface area contributed by atoms with E-state index in [1.54, 1.807) is 35.7 Å². The minimum atomic E-state index is -0.697. The highest BCUT2D eigenvalue weighted by atomic mass is 32.1. The van der Waals surface area contributed by atoms with Crippen LogP contribution in [0.15, 0.2) is 48.8 Å². The summed E-state index contributed by atoms with van der Waals surface area (Å²) >= 11 is 1.73. The number of rotatable bonds is 6. The van der Waals surface area contributed by atoms with E-state index in [0.29, 0.717) is 19.4 Å². The molecular weight excluding hydrogens is 422 g/mol. The molecule has 166 valence electrons. The van der Waals surface area contributed by atoms with Crippen LogP contribution in [0.3, 0.4) is 0 Å². The van der Waals surface area contributed by atoms with Gasteiger partial charge < -0.3 is 4.90 Å². The Bertz CT molecular complexity index is 1090. The molecule has 2 aliphatic rings. The molecule has 0 unspecified atom stereocenters. The van der Waals surface area contributed by atoms with E-state index >= 15 is 0 Å². The third-order valence-corrected chi connectivity index (χ3v) is 7.80. The summed E-state index contributed by atoms with van der Waals surface area (Å²) in [5.74, 6) is -0.0284. The number of carbonyl (C=O) groups is 2. The highest BCUT2D eigenvalue weighted by Gasteiger charge is 2.56. The molecule has 0 radical (unpaired) electrons. The first kappa shape index (κ1) is 21.0. The van der Waals surface area contributed by atoms with Crippen LogP contribution in [0.25, 0.3) is 10.2 Å². The van der Waals surface area contributed by atoms with Gasteiger partial charge in [0.05, 0.1) is 16.8 Å². The number of imide groups is 1. The molecule has 8 heteroatoms. The molecule has 2 saturated heterocycles. The van der Waals surface area contributed by atoms with Gasteiger partial charge in [-0.1, -0.05) is 12.1 Å². The molecule has 0 saturated carbocycles. The number of hydrogen-bond donors (Lipinski definition) is 0. The Kier molecular flexibility index (Phi) is 5.65. The summed E-state index contributed by atoms with van der Waals surface area (Å²) < 4.78 is 1.20. The Balaban J connectivity index is 1.20. The number of para-hydroxylation sites is 1. The first-order valence-corrected chi connectivity index (χ1v) is 11.9. The largest absolute Gasteiger partial charge is 0.327 e. The van der Waals surface area contributed by atoms with Gasteiger partial charge in [-0.25, -0.2) is 9.78 Å². The fourth-order valence-corrected chi connectivity index (χ4v) is 5.85. The Morgan fingerprint density at radius 1 is 1.06 bits per heavy atom. The number of carbonyl (C=O) groups excluding carboxylic acids is 2. The summed E-state index contributed by atoms with van der Waals surface area (Å²) in [5.41, 5.74) is 1.52. The van der Waals surface area contributed by atoms with Gasteiger partial charge in [-0.3, -0.25) is 19.6 Å². The summed E-state index contributed by atoms with van der Waals surface area (Å²) in [4.78, 5) is 40.5. The lowest BCUT2D eigenvalue weighted by Gasteiger charge is -2.40. The second-order valence-electron chi connectivity index (χ2n) is 8.64. The first-order chi connectivity index (χ1) is 15.6. The van der Waals surface area contributed by atoms with Crippen molar-refractivity contribution in [2.75, 3.05) is 26.7 Å². The normalized spacial score (nSPS) is 18.9. The second kappa shape index (κ2) is 8.60. The quantitative estimate of drug-likeness (QED) is 0.538. The summed E-state index contributed by atoms with van der Waals surface area (Å²) in [7, 11) is 1.78. The monoisotopic (exact) mass is 449 g/mol. The van der Waals surface area contributed by atoms with Crippen molar-refractivity contribution in [3.63, 3.8) is 0 Å². The van der Waals surface area contributed by atoms with Crippen LogP contribution in [-0.4, -0.2) is 68.8 Å². The molecule has 1 spiro atoms. The third-order valence-electron chi connectivity index (χ3n) is 6.78. The Morgan fingerprint density at radius 3 is 2.56 bits per heavy atom. The molecule has 2 fully saturated rings. The van der Waals surface area contributed by atoms with Crippen LogP contribution >= 0.6 is 11.3 Å². The average molecular weight is 450 g/mol. The zero-order valence-electron chi connectivity index (χ0n) is 18.2. The number of urea groups is 1. The van der Waals surface area contributed by atoms with E-state index in [4.69, 9.17) is 4.98 Å². The molecule has 2 aromatic heterocycles. The van der Waals surface area contributed by atoms with Gasteiger partial charge in [-0.15, -0.1) is 11.3 Å². The van der Waals surface area contributed by atoms with E-state index in [1.165, 1.54) is 15.2 Å². The molecule has 2 aliphatic heterocycles. The predicted molar refractivity (Wildman–Crippen MR) is 124 cm³/mol.